The molecule has 0 N–H and O–H groups in total. The summed E-state index contributed by atoms with van der Waals surface area (Å²) in [6.45, 7) is 2.27. The average Bonchev–Trinajstić information content (AvgIpc) is 3.53. The normalized spacial score (nSPS) is 11.4. The van der Waals surface area contributed by atoms with Gasteiger partial charge >= 0.3 is 0 Å². The molecule has 0 saturated heterocycles. The Morgan fingerprint density at radius 1 is 0.760 bits per heavy atom. The molecule has 6 nitrogen and oxygen atoms in total. The van der Waals surface area contributed by atoms with Crippen molar-refractivity contribution in [1.82, 2.24) is 4.98 Å². The van der Waals surface area contributed by atoms with Gasteiger partial charge < -0.3 is 9.47 Å². The maximum Gasteiger partial charge on any atom is 0.233 e. The molecule has 0 aliphatic heterocycles. The minimum absolute atomic E-state index is 0.308. The molecule has 0 fully saturated rings. The van der Waals surface area contributed by atoms with Crippen molar-refractivity contribution in [2.45, 2.75) is 6.92 Å². The molecule has 7 rings (SSSR count). The predicted octanol–water partition coefficient (Wildman–Crippen LogP) is 9.80. The van der Waals surface area contributed by atoms with Crippen molar-refractivity contribution in [3.63, 3.8) is 0 Å². The minimum atomic E-state index is -2.73. The van der Waals surface area contributed by atoms with Gasteiger partial charge in [0.05, 0.1) is 37.0 Å². The minimum Gasteiger partial charge on any atom is -0.497 e. The first-order chi connectivity index (χ1) is 24.7. The number of ether oxygens (including phenoxy) is 2. The third kappa shape index (κ3) is 6.23. The van der Waals surface area contributed by atoms with Crippen molar-refractivity contribution in [2.24, 2.45) is 9.74 Å². The van der Waals surface area contributed by atoms with E-state index in [0.717, 1.165) is 54.4 Å². The van der Waals surface area contributed by atoms with E-state index in [4.69, 9.17) is 24.2 Å². The van der Waals surface area contributed by atoms with E-state index in [1.807, 2.05) is 85.9 Å². The Balaban J connectivity index is 1.67. The Morgan fingerprint density at radius 2 is 1.30 bits per heavy atom. The molecular formula is C42H33N4O2PS. The fourth-order valence-electron chi connectivity index (χ4n) is 6.04. The third-order valence-corrected chi connectivity index (χ3v) is 12.9. The molecule has 0 unspecified atom stereocenters. The van der Waals surface area contributed by atoms with E-state index in [1.165, 1.54) is 11.3 Å². The monoisotopic (exact) mass is 688 g/mol. The molecule has 0 saturated carbocycles. The number of fused-ring (bicyclic) bond motifs is 1. The van der Waals surface area contributed by atoms with E-state index in [2.05, 4.69) is 78.9 Å². The first-order valence-corrected chi connectivity index (χ1v) is 18.8. The summed E-state index contributed by atoms with van der Waals surface area (Å²) in [6.07, 6.45) is 1.86. The van der Waals surface area contributed by atoms with Crippen LogP contribution in [0.1, 0.15) is 17.4 Å². The summed E-state index contributed by atoms with van der Waals surface area (Å²) in [5.41, 5.74) is 3.51. The summed E-state index contributed by atoms with van der Waals surface area (Å²) in [4.78, 5) is 11.4. The number of hydrogen-bond acceptors (Lipinski definition) is 7. The highest BCUT2D eigenvalue weighted by Gasteiger charge is 2.31. The molecule has 7 aromatic rings. The van der Waals surface area contributed by atoms with Crippen molar-refractivity contribution in [1.29, 1.82) is 5.26 Å². The SMILES string of the molecule is CCOc1nc2sc(C=Nc3ccc(OC)cc3)c(N=P(c3ccccc3)(c3ccccc3)c3ccccc3)c2c(-c2ccccc2)c1C#N. The van der Waals surface area contributed by atoms with E-state index in [0.29, 0.717) is 22.9 Å². The van der Waals surface area contributed by atoms with Crippen LogP contribution in [-0.4, -0.2) is 24.9 Å². The van der Waals surface area contributed by atoms with E-state index in [1.54, 1.807) is 7.11 Å². The zero-order valence-corrected chi connectivity index (χ0v) is 29.3. The summed E-state index contributed by atoms with van der Waals surface area (Å²) in [6, 6.07) is 51.6. The number of methoxy groups -OCH3 is 1. The lowest BCUT2D eigenvalue weighted by molar-refractivity contribution is 0.327. The van der Waals surface area contributed by atoms with Gasteiger partial charge in [0.1, 0.15) is 22.2 Å². The van der Waals surface area contributed by atoms with Crippen LogP contribution in [0.25, 0.3) is 21.3 Å². The van der Waals surface area contributed by atoms with Crippen molar-refractivity contribution in [3.05, 3.63) is 156 Å². The molecule has 8 heteroatoms. The number of thiophene rings is 1. The Kier molecular flexibility index (Phi) is 9.66. The van der Waals surface area contributed by atoms with E-state index in [-0.39, 0.29) is 0 Å². The Labute approximate surface area is 296 Å². The molecule has 50 heavy (non-hydrogen) atoms. The maximum atomic E-state index is 10.7. The summed E-state index contributed by atoms with van der Waals surface area (Å²) in [5, 5.41) is 14.8. The molecule has 5 aromatic carbocycles. The lowest BCUT2D eigenvalue weighted by Gasteiger charge is -2.27. The van der Waals surface area contributed by atoms with Crippen LogP contribution in [0.4, 0.5) is 11.4 Å². The highest BCUT2D eigenvalue weighted by Crippen LogP contribution is 2.54. The predicted molar refractivity (Wildman–Crippen MR) is 208 cm³/mol. The molecule has 0 bridgehead atoms. The zero-order valence-electron chi connectivity index (χ0n) is 27.6. The fourth-order valence-corrected chi connectivity index (χ4v) is 10.7. The van der Waals surface area contributed by atoms with Crippen molar-refractivity contribution >= 4 is 62.1 Å². The quantitative estimate of drug-likeness (QED) is 0.106. The molecule has 0 spiro atoms. The van der Waals surface area contributed by atoms with Crippen LogP contribution in [0.2, 0.25) is 0 Å². The number of nitriles is 1. The summed E-state index contributed by atoms with van der Waals surface area (Å²) < 4.78 is 17.4. The van der Waals surface area contributed by atoms with Crippen LogP contribution >= 0.6 is 18.4 Å². The van der Waals surface area contributed by atoms with Gasteiger partial charge in [-0.25, -0.2) is 4.98 Å². The number of aromatic nitrogens is 1. The van der Waals surface area contributed by atoms with Gasteiger partial charge in [0.2, 0.25) is 5.88 Å². The van der Waals surface area contributed by atoms with Crippen LogP contribution in [0.5, 0.6) is 11.6 Å². The van der Waals surface area contributed by atoms with Crippen molar-refractivity contribution in [3.8, 4) is 28.8 Å². The topological polar surface area (TPSA) is 79.9 Å². The Morgan fingerprint density at radius 3 is 1.80 bits per heavy atom. The molecular weight excluding hydrogens is 656 g/mol. The second kappa shape index (κ2) is 14.8. The lowest BCUT2D eigenvalue weighted by atomic mass is 9.97. The van der Waals surface area contributed by atoms with Crippen LogP contribution in [0.15, 0.2) is 155 Å². The molecule has 0 amide bonds. The van der Waals surface area contributed by atoms with Crippen molar-refractivity contribution < 1.29 is 9.47 Å². The number of rotatable bonds is 10. The van der Waals surface area contributed by atoms with Crippen LogP contribution in [-0.2, 0) is 0 Å². The van der Waals surface area contributed by atoms with Crippen LogP contribution < -0.4 is 25.4 Å². The first-order valence-electron chi connectivity index (χ1n) is 16.2. The molecule has 0 aliphatic rings. The maximum absolute atomic E-state index is 10.7. The van der Waals surface area contributed by atoms with Crippen LogP contribution in [0.3, 0.4) is 0 Å². The number of pyridine rings is 1. The third-order valence-electron chi connectivity index (χ3n) is 8.31. The number of aliphatic imine (C=N–C) groups is 1. The number of hydrogen-bond donors (Lipinski definition) is 0. The summed E-state index contributed by atoms with van der Waals surface area (Å²) in [7, 11) is -1.08. The highest BCUT2D eigenvalue weighted by atomic mass is 32.1. The summed E-state index contributed by atoms with van der Waals surface area (Å²) >= 11 is 1.49. The lowest BCUT2D eigenvalue weighted by Crippen LogP contribution is -2.25. The Hall–Kier alpha value is -5.80. The molecule has 0 aliphatic carbocycles. The van der Waals surface area contributed by atoms with Crippen molar-refractivity contribution in [2.75, 3.05) is 13.7 Å². The van der Waals surface area contributed by atoms with Gasteiger partial charge in [-0.15, -0.1) is 11.3 Å². The van der Waals surface area contributed by atoms with Gasteiger partial charge in [-0.2, -0.15) is 5.26 Å². The van der Waals surface area contributed by atoms with Gasteiger partial charge in [-0.05, 0) is 36.8 Å². The zero-order chi connectivity index (χ0) is 34.3. The van der Waals surface area contributed by atoms with Gasteiger partial charge in [0.15, 0.2) is 0 Å². The summed E-state index contributed by atoms with van der Waals surface area (Å²) in [5.74, 6) is 1.07. The van der Waals surface area contributed by atoms with Gasteiger partial charge in [0, 0.05) is 33.1 Å². The molecule has 2 heterocycles. The highest BCUT2D eigenvalue weighted by molar-refractivity contribution is 7.87. The van der Waals surface area contributed by atoms with Gasteiger partial charge in [-0.1, -0.05) is 121 Å². The number of benzene rings is 5. The molecule has 244 valence electrons. The molecule has 0 radical (unpaired) electrons. The standard InChI is InChI=1S/C42H33N4O2PS/c1-3-48-41-36(28-43)38(30-16-8-4-9-17-30)39-40(37(50-42(39)45-41)29-44-31-24-26-32(47-2)27-25-31)46-49(33-18-10-5-11-19-33,34-20-12-6-13-21-34)35-22-14-7-15-23-35/h4-27,29H,3H2,1-2H3. The van der Waals surface area contributed by atoms with E-state index in [9.17, 15) is 5.26 Å². The van der Waals surface area contributed by atoms with Gasteiger partial charge in [0.25, 0.3) is 0 Å². The molecule has 2 aromatic heterocycles. The average molecular weight is 689 g/mol. The van der Waals surface area contributed by atoms with Crippen LogP contribution in [0, 0.1) is 11.3 Å². The second-order valence-corrected chi connectivity index (χ2v) is 15.3. The number of nitrogens with zero attached hydrogens (tertiary/aromatic N) is 4. The fraction of sp³-hybridized carbons (Fsp3) is 0.0714. The van der Waals surface area contributed by atoms with E-state index < -0.39 is 7.05 Å². The largest absolute Gasteiger partial charge is 0.497 e. The first kappa shape index (κ1) is 32.7. The van der Waals surface area contributed by atoms with E-state index >= 15 is 0 Å². The Bertz CT molecular complexity index is 2270. The second-order valence-electron chi connectivity index (χ2n) is 11.3. The smallest absolute Gasteiger partial charge is 0.233 e. The van der Waals surface area contributed by atoms with Gasteiger partial charge in [-0.3, -0.25) is 9.74 Å². The molecule has 0 atom stereocenters.